The quantitative estimate of drug-likeness (QED) is 0.757. The van der Waals surface area contributed by atoms with E-state index in [-0.39, 0.29) is 11.9 Å². The Labute approximate surface area is 154 Å². The zero-order valence-corrected chi connectivity index (χ0v) is 15.3. The number of fused-ring (bicyclic) bond motifs is 1. The number of ether oxygens (including phenoxy) is 2. The molecule has 0 aromatic heterocycles. The van der Waals surface area contributed by atoms with Crippen molar-refractivity contribution in [2.24, 2.45) is 0 Å². The van der Waals surface area contributed by atoms with Crippen molar-refractivity contribution in [2.45, 2.75) is 32.2 Å². The van der Waals surface area contributed by atoms with Crippen LogP contribution in [0.1, 0.15) is 42.5 Å². The Bertz CT molecular complexity index is 798. The molecule has 3 rings (SSSR count). The molecule has 2 aromatic carbocycles. The lowest BCUT2D eigenvalue weighted by molar-refractivity contribution is -0.117. The van der Waals surface area contributed by atoms with Crippen LogP contribution in [-0.2, 0) is 11.2 Å². The van der Waals surface area contributed by atoms with Crippen LogP contribution in [0, 0.1) is 0 Å². The summed E-state index contributed by atoms with van der Waals surface area (Å²) in [5.74, 6) is 1.31. The number of carbonyl (C=O) groups excluding carboxylic acids is 1. The smallest absolute Gasteiger partial charge is 0.244 e. The molecule has 0 radical (unpaired) electrons. The Kier molecular flexibility index (Phi) is 5.95. The summed E-state index contributed by atoms with van der Waals surface area (Å²) in [4.78, 5) is 12.3. The van der Waals surface area contributed by atoms with Gasteiger partial charge in [0.2, 0.25) is 5.91 Å². The molecule has 1 amide bonds. The van der Waals surface area contributed by atoms with Crippen molar-refractivity contribution >= 4 is 12.0 Å². The minimum absolute atomic E-state index is 0.0861. The van der Waals surface area contributed by atoms with E-state index in [4.69, 9.17) is 9.47 Å². The number of carbonyl (C=O) groups is 1. The highest BCUT2D eigenvalue weighted by molar-refractivity contribution is 5.92. The van der Waals surface area contributed by atoms with Crippen LogP contribution >= 0.6 is 0 Å². The maximum absolute atomic E-state index is 12.3. The molecular formula is C22H25NO3. The Balaban J connectivity index is 1.63. The van der Waals surface area contributed by atoms with E-state index in [1.54, 1.807) is 19.3 Å². The van der Waals surface area contributed by atoms with E-state index in [2.05, 4.69) is 24.4 Å². The summed E-state index contributed by atoms with van der Waals surface area (Å²) in [5.41, 5.74) is 3.45. The maximum atomic E-state index is 12.3. The molecule has 0 heterocycles. The largest absolute Gasteiger partial charge is 0.493 e. The Morgan fingerprint density at radius 3 is 2.88 bits per heavy atom. The summed E-state index contributed by atoms with van der Waals surface area (Å²) in [7, 11) is 1.62. The van der Waals surface area contributed by atoms with Crippen LogP contribution < -0.4 is 14.8 Å². The van der Waals surface area contributed by atoms with Crippen molar-refractivity contribution < 1.29 is 14.3 Å². The molecule has 2 aromatic rings. The van der Waals surface area contributed by atoms with Crippen LogP contribution in [0.15, 0.2) is 48.5 Å². The first-order chi connectivity index (χ1) is 12.7. The highest BCUT2D eigenvalue weighted by Gasteiger charge is 2.22. The van der Waals surface area contributed by atoms with Gasteiger partial charge in [-0.25, -0.2) is 0 Å². The van der Waals surface area contributed by atoms with Gasteiger partial charge < -0.3 is 14.8 Å². The molecule has 0 bridgehead atoms. The van der Waals surface area contributed by atoms with Crippen molar-refractivity contribution in [3.05, 3.63) is 65.2 Å². The standard InChI is InChI=1S/C22H25NO3/c1-3-14-26-20-12-8-16(15-21(20)25-2)9-13-22(24)23-19-11-10-17-6-4-5-7-18(17)19/h4-9,12-13,15,19H,3,10-11,14H2,1-2H3,(H,23,24)/b13-9+. The first-order valence-corrected chi connectivity index (χ1v) is 9.08. The summed E-state index contributed by atoms with van der Waals surface area (Å²) in [6, 6.07) is 14.1. The lowest BCUT2D eigenvalue weighted by Crippen LogP contribution is -2.25. The molecule has 1 N–H and O–H groups in total. The second kappa shape index (κ2) is 8.56. The molecule has 1 aliphatic carbocycles. The van der Waals surface area contributed by atoms with Crippen LogP contribution in [0.4, 0.5) is 0 Å². The second-order valence-electron chi connectivity index (χ2n) is 6.39. The molecule has 0 aliphatic heterocycles. The number of hydrogen-bond acceptors (Lipinski definition) is 3. The summed E-state index contributed by atoms with van der Waals surface area (Å²) >= 11 is 0. The van der Waals surface area contributed by atoms with Crippen LogP contribution in [0.5, 0.6) is 11.5 Å². The van der Waals surface area contributed by atoms with Crippen LogP contribution in [0.25, 0.3) is 6.08 Å². The Morgan fingerprint density at radius 1 is 1.23 bits per heavy atom. The van der Waals surface area contributed by atoms with Crippen LogP contribution in [0.2, 0.25) is 0 Å². The fourth-order valence-electron chi connectivity index (χ4n) is 3.22. The van der Waals surface area contributed by atoms with E-state index in [1.807, 2.05) is 30.3 Å². The predicted octanol–water partition coefficient (Wildman–Crippen LogP) is 4.30. The molecule has 1 atom stereocenters. The molecule has 1 unspecified atom stereocenters. The summed E-state index contributed by atoms with van der Waals surface area (Å²) < 4.78 is 11.0. The summed E-state index contributed by atoms with van der Waals surface area (Å²) in [6.07, 6.45) is 6.28. The first-order valence-electron chi connectivity index (χ1n) is 9.08. The van der Waals surface area contributed by atoms with E-state index in [1.165, 1.54) is 11.1 Å². The number of rotatable bonds is 7. The molecule has 26 heavy (non-hydrogen) atoms. The summed E-state index contributed by atoms with van der Waals surface area (Å²) in [5, 5.41) is 3.09. The van der Waals surface area contributed by atoms with Gasteiger partial charge in [0.05, 0.1) is 19.8 Å². The van der Waals surface area contributed by atoms with E-state index in [0.717, 1.165) is 30.6 Å². The van der Waals surface area contributed by atoms with Gasteiger partial charge in [-0.3, -0.25) is 4.79 Å². The van der Waals surface area contributed by atoms with E-state index in [9.17, 15) is 4.79 Å². The van der Waals surface area contributed by atoms with Gasteiger partial charge in [0.15, 0.2) is 11.5 Å². The first kappa shape index (κ1) is 18.1. The number of nitrogens with one attached hydrogen (secondary N) is 1. The molecule has 0 spiro atoms. The normalized spacial score (nSPS) is 15.7. The van der Waals surface area contributed by atoms with Crippen molar-refractivity contribution in [1.82, 2.24) is 5.32 Å². The van der Waals surface area contributed by atoms with E-state index < -0.39 is 0 Å². The lowest BCUT2D eigenvalue weighted by Gasteiger charge is -2.12. The number of hydrogen-bond donors (Lipinski definition) is 1. The predicted molar refractivity (Wildman–Crippen MR) is 103 cm³/mol. The highest BCUT2D eigenvalue weighted by atomic mass is 16.5. The monoisotopic (exact) mass is 351 g/mol. The zero-order valence-electron chi connectivity index (χ0n) is 15.3. The van der Waals surface area contributed by atoms with Gasteiger partial charge in [0, 0.05) is 6.08 Å². The molecule has 4 nitrogen and oxygen atoms in total. The van der Waals surface area contributed by atoms with Crippen LogP contribution in [0.3, 0.4) is 0 Å². The van der Waals surface area contributed by atoms with Gasteiger partial charge in [-0.2, -0.15) is 0 Å². The average Bonchev–Trinajstić information content (AvgIpc) is 3.08. The molecule has 1 aliphatic rings. The van der Waals surface area contributed by atoms with Crippen LogP contribution in [-0.4, -0.2) is 19.6 Å². The van der Waals surface area contributed by atoms with E-state index >= 15 is 0 Å². The molecule has 4 heteroatoms. The maximum Gasteiger partial charge on any atom is 0.244 e. The number of benzene rings is 2. The minimum atomic E-state index is -0.0861. The second-order valence-corrected chi connectivity index (χ2v) is 6.39. The van der Waals surface area contributed by atoms with Gasteiger partial charge in [0.1, 0.15) is 0 Å². The minimum Gasteiger partial charge on any atom is -0.493 e. The van der Waals surface area contributed by atoms with E-state index in [0.29, 0.717) is 12.4 Å². The third kappa shape index (κ3) is 4.26. The third-order valence-electron chi connectivity index (χ3n) is 4.53. The fraction of sp³-hybridized carbons (Fsp3) is 0.318. The molecule has 0 saturated carbocycles. The van der Waals surface area contributed by atoms with Crippen molar-refractivity contribution in [2.75, 3.05) is 13.7 Å². The van der Waals surface area contributed by atoms with Gasteiger partial charge in [-0.1, -0.05) is 37.3 Å². The molecular weight excluding hydrogens is 326 g/mol. The summed E-state index contributed by atoms with van der Waals surface area (Å²) in [6.45, 7) is 2.71. The number of aryl methyl sites for hydroxylation is 1. The van der Waals surface area contributed by atoms with Crippen molar-refractivity contribution in [3.8, 4) is 11.5 Å². The van der Waals surface area contributed by atoms with Gasteiger partial charge in [-0.15, -0.1) is 0 Å². The number of amides is 1. The zero-order chi connectivity index (χ0) is 18.4. The van der Waals surface area contributed by atoms with Gasteiger partial charge >= 0.3 is 0 Å². The third-order valence-corrected chi connectivity index (χ3v) is 4.53. The Morgan fingerprint density at radius 2 is 2.08 bits per heavy atom. The van der Waals surface area contributed by atoms with Crippen molar-refractivity contribution in [3.63, 3.8) is 0 Å². The lowest BCUT2D eigenvalue weighted by atomic mass is 10.1. The number of methoxy groups -OCH3 is 1. The molecule has 0 fully saturated rings. The SMILES string of the molecule is CCCOc1ccc(/C=C/C(=O)NC2CCc3ccccc32)cc1OC. The average molecular weight is 351 g/mol. The van der Waals surface area contributed by atoms with Crippen molar-refractivity contribution in [1.29, 1.82) is 0 Å². The topological polar surface area (TPSA) is 47.6 Å². The highest BCUT2D eigenvalue weighted by Crippen LogP contribution is 2.31. The fourth-order valence-corrected chi connectivity index (χ4v) is 3.22. The molecule has 0 saturated heterocycles. The Hall–Kier alpha value is -2.75. The molecule has 136 valence electrons. The van der Waals surface area contributed by atoms with Gasteiger partial charge in [0.25, 0.3) is 0 Å². The van der Waals surface area contributed by atoms with Gasteiger partial charge in [-0.05, 0) is 54.2 Å².